The summed E-state index contributed by atoms with van der Waals surface area (Å²) in [6, 6.07) is 0. The lowest BCUT2D eigenvalue weighted by Crippen LogP contribution is -2.23. The van der Waals surface area contributed by atoms with Gasteiger partial charge in [-0.1, -0.05) is 19.8 Å². The van der Waals surface area contributed by atoms with Crippen molar-refractivity contribution in [2.75, 3.05) is 24.2 Å². The fourth-order valence-electron chi connectivity index (χ4n) is 2.87. The maximum Gasteiger partial charge on any atom is 0.180 e. The highest BCUT2D eigenvalue weighted by atomic mass is 15.1. The zero-order chi connectivity index (χ0) is 13.3. The molecule has 1 aliphatic carbocycles. The number of aromatic nitrogens is 3. The molecule has 0 bridgehead atoms. The van der Waals surface area contributed by atoms with Gasteiger partial charge in [0, 0.05) is 26.0 Å². The molecule has 0 spiro atoms. The Hall–Kier alpha value is -1.78. The maximum absolute atomic E-state index is 4.58. The SMILES string of the molecule is CNc1cn2ccnc2c(NCC2(C)CCCC2)n1. The number of nitrogens with zero attached hydrogens (tertiary/aromatic N) is 3. The highest BCUT2D eigenvalue weighted by Crippen LogP contribution is 2.37. The van der Waals surface area contributed by atoms with Gasteiger partial charge in [-0.15, -0.1) is 0 Å². The molecule has 0 radical (unpaired) electrons. The molecule has 0 saturated heterocycles. The minimum absolute atomic E-state index is 0.404. The van der Waals surface area contributed by atoms with Crippen LogP contribution in [0.15, 0.2) is 18.6 Å². The van der Waals surface area contributed by atoms with E-state index in [9.17, 15) is 0 Å². The Morgan fingerprint density at radius 3 is 2.89 bits per heavy atom. The summed E-state index contributed by atoms with van der Waals surface area (Å²) in [6.45, 7) is 3.33. The van der Waals surface area contributed by atoms with E-state index in [4.69, 9.17) is 0 Å². The van der Waals surface area contributed by atoms with Crippen molar-refractivity contribution < 1.29 is 0 Å². The second kappa shape index (κ2) is 4.72. The lowest BCUT2D eigenvalue weighted by Gasteiger charge is -2.24. The van der Waals surface area contributed by atoms with Crippen LogP contribution in [0, 0.1) is 5.41 Å². The maximum atomic E-state index is 4.58. The van der Waals surface area contributed by atoms with Gasteiger partial charge in [-0.2, -0.15) is 0 Å². The third kappa shape index (κ3) is 2.37. The molecule has 0 aromatic carbocycles. The van der Waals surface area contributed by atoms with Crippen LogP contribution in [-0.4, -0.2) is 28.0 Å². The summed E-state index contributed by atoms with van der Waals surface area (Å²) in [6.07, 6.45) is 11.0. The largest absolute Gasteiger partial charge is 0.372 e. The lowest BCUT2D eigenvalue weighted by molar-refractivity contribution is 0.361. The molecule has 1 fully saturated rings. The van der Waals surface area contributed by atoms with Crippen molar-refractivity contribution in [3.63, 3.8) is 0 Å². The van der Waals surface area contributed by atoms with E-state index in [1.54, 1.807) is 6.20 Å². The molecule has 0 atom stereocenters. The second-order valence-electron chi connectivity index (χ2n) is 5.75. The molecule has 0 aliphatic heterocycles. The summed E-state index contributed by atoms with van der Waals surface area (Å²) >= 11 is 0. The number of imidazole rings is 1. The van der Waals surface area contributed by atoms with Crippen LogP contribution in [-0.2, 0) is 0 Å². The Bertz CT molecular complexity index is 568. The Morgan fingerprint density at radius 1 is 1.37 bits per heavy atom. The Balaban J connectivity index is 1.85. The molecule has 0 unspecified atom stereocenters. The fraction of sp³-hybridized carbons (Fsp3) is 0.571. The predicted molar refractivity (Wildman–Crippen MR) is 77.6 cm³/mol. The van der Waals surface area contributed by atoms with Gasteiger partial charge in [-0.25, -0.2) is 9.97 Å². The first-order valence-electron chi connectivity index (χ1n) is 6.96. The standard InChI is InChI=1S/C14H21N5/c1-14(5-3-4-6-14)10-17-12-13-16-7-8-19(13)9-11(15-2)18-12/h7-9,15H,3-6,10H2,1-2H3,(H,17,18). The molecule has 5 nitrogen and oxygen atoms in total. The molecule has 2 heterocycles. The van der Waals surface area contributed by atoms with Gasteiger partial charge in [0.15, 0.2) is 11.5 Å². The van der Waals surface area contributed by atoms with Crippen LogP contribution >= 0.6 is 0 Å². The van der Waals surface area contributed by atoms with E-state index in [0.717, 1.165) is 23.8 Å². The van der Waals surface area contributed by atoms with Crippen molar-refractivity contribution in [2.24, 2.45) is 5.41 Å². The van der Waals surface area contributed by atoms with Crippen LogP contribution in [0.1, 0.15) is 32.6 Å². The van der Waals surface area contributed by atoms with Crippen molar-refractivity contribution in [3.8, 4) is 0 Å². The molecule has 1 aliphatic rings. The van der Waals surface area contributed by atoms with E-state index < -0.39 is 0 Å². The van der Waals surface area contributed by atoms with Gasteiger partial charge in [0.25, 0.3) is 0 Å². The van der Waals surface area contributed by atoms with Crippen LogP contribution in [0.5, 0.6) is 0 Å². The molecule has 3 rings (SSSR count). The van der Waals surface area contributed by atoms with Crippen LogP contribution in [0.25, 0.3) is 5.65 Å². The molecule has 19 heavy (non-hydrogen) atoms. The fourth-order valence-corrected chi connectivity index (χ4v) is 2.87. The monoisotopic (exact) mass is 259 g/mol. The summed E-state index contributed by atoms with van der Waals surface area (Å²) in [5.41, 5.74) is 1.29. The normalized spacial score (nSPS) is 17.8. The first-order valence-corrected chi connectivity index (χ1v) is 6.96. The quantitative estimate of drug-likeness (QED) is 0.886. The highest BCUT2D eigenvalue weighted by Gasteiger charge is 2.28. The Kier molecular flexibility index (Phi) is 3.05. The first-order chi connectivity index (χ1) is 9.20. The average molecular weight is 259 g/mol. The van der Waals surface area contributed by atoms with E-state index in [0.29, 0.717) is 5.41 Å². The van der Waals surface area contributed by atoms with Crippen LogP contribution in [0.4, 0.5) is 11.6 Å². The molecule has 2 N–H and O–H groups in total. The molecular weight excluding hydrogens is 238 g/mol. The van der Waals surface area contributed by atoms with Crippen LogP contribution in [0.2, 0.25) is 0 Å². The molecule has 2 aromatic heterocycles. The first kappa shape index (κ1) is 12.3. The summed E-state index contributed by atoms with van der Waals surface area (Å²) in [5, 5.41) is 6.58. The zero-order valence-electron chi connectivity index (χ0n) is 11.6. The third-order valence-corrected chi connectivity index (χ3v) is 4.12. The smallest absolute Gasteiger partial charge is 0.180 e. The third-order valence-electron chi connectivity index (χ3n) is 4.12. The molecule has 102 valence electrons. The van der Waals surface area contributed by atoms with Crippen molar-refractivity contribution in [1.82, 2.24) is 14.4 Å². The van der Waals surface area contributed by atoms with E-state index in [-0.39, 0.29) is 0 Å². The van der Waals surface area contributed by atoms with Gasteiger partial charge in [0.2, 0.25) is 0 Å². The number of fused-ring (bicyclic) bond motifs is 1. The molecule has 0 amide bonds. The minimum Gasteiger partial charge on any atom is -0.372 e. The summed E-state index contributed by atoms with van der Waals surface area (Å²) in [4.78, 5) is 8.95. The molecular formula is C14H21N5. The second-order valence-corrected chi connectivity index (χ2v) is 5.75. The Morgan fingerprint density at radius 2 is 2.16 bits per heavy atom. The number of hydrogen-bond acceptors (Lipinski definition) is 4. The summed E-state index contributed by atoms with van der Waals surface area (Å²) in [5.74, 6) is 1.72. The van der Waals surface area contributed by atoms with Gasteiger partial charge in [-0.3, -0.25) is 0 Å². The van der Waals surface area contributed by atoms with E-state index in [2.05, 4.69) is 27.5 Å². The van der Waals surface area contributed by atoms with Gasteiger partial charge < -0.3 is 15.0 Å². The van der Waals surface area contributed by atoms with Crippen LogP contribution < -0.4 is 10.6 Å². The number of anilines is 2. The van der Waals surface area contributed by atoms with Crippen molar-refractivity contribution in [2.45, 2.75) is 32.6 Å². The molecule has 2 aromatic rings. The average Bonchev–Trinajstić information content (AvgIpc) is 3.04. The summed E-state index contributed by atoms with van der Waals surface area (Å²) < 4.78 is 2.00. The topological polar surface area (TPSA) is 54.2 Å². The van der Waals surface area contributed by atoms with Gasteiger partial charge >= 0.3 is 0 Å². The van der Waals surface area contributed by atoms with E-state index >= 15 is 0 Å². The number of rotatable bonds is 4. The van der Waals surface area contributed by atoms with Gasteiger partial charge in [0.05, 0.1) is 6.20 Å². The lowest BCUT2D eigenvalue weighted by atomic mass is 9.89. The van der Waals surface area contributed by atoms with Crippen molar-refractivity contribution >= 4 is 17.3 Å². The van der Waals surface area contributed by atoms with Crippen molar-refractivity contribution in [3.05, 3.63) is 18.6 Å². The van der Waals surface area contributed by atoms with E-state index in [1.165, 1.54) is 25.7 Å². The Labute approximate surface area is 113 Å². The van der Waals surface area contributed by atoms with E-state index in [1.807, 2.05) is 23.8 Å². The number of nitrogens with one attached hydrogen (secondary N) is 2. The molecule has 1 saturated carbocycles. The minimum atomic E-state index is 0.404. The van der Waals surface area contributed by atoms with Crippen LogP contribution in [0.3, 0.4) is 0 Å². The van der Waals surface area contributed by atoms with Crippen molar-refractivity contribution in [1.29, 1.82) is 0 Å². The number of hydrogen-bond donors (Lipinski definition) is 2. The summed E-state index contributed by atoms with van der Waals surface area (Å²) in [7, 11) is 1.88. The zero-order valence-corrected chi connectivity index (χ0v) is 11.6. The highest BCUT2D eigenvalue weighted by molar-refractivity contribution is 5.65. The molecule has 5 heteroatoms. The van der Waals surface area contributed by atoms with Gasteiger partial charge in [-0.05, 0) is 18.3 Å². The van der Waals surface area contributed by atoms with Gasteiger partial charge in [0.1, 0.15) is 5.82 Å². The predicted octanol–water partition coefficient (Wildman–Crippen LogP) is 2.76.